The fourth-order valence-electron chi connectivity index (χ4n) is 3.10. The maximum atomic E-state index is 13.3. The lowest BCUT2D eigenvalue weighted by atomic mass is 10.1. The van der Waals surface area contributed by atoms with Crippen LogP contribution in [0.4, 0.5) is 4.39 Å². The number of nitrogens with zero attached hydrogens (tertiary/aromatic N) is 1. The normalized spacial score (nSPS) is 23.3. The van der Waals surface area contributed by atoms with Crippen LogP contribution < -0.4 is 0 Å². The van der Waals surface area contributed by atoms with E-state index in [0.29, 0.717) is 12.6 Å². The summed E-state index contributed by atoms with van der Waals surface area (Å²) in [5, 5.41) is 0. The average molecular weight is 299 g/mol. The third-order valence-electron chi connectivity index (χ3n) is 4.53. The molecule has 1 aromatic carbocycles. The quantitative estimate of drug-likeness (QED) is 0.843. The standard InChI is InChI=1S/C18H18FNO2/c19-13-4-1-3-12(9-13)11-20(14-6-7-14)18(21)16-10-15(16)17-5-2-8-22-17/h1-5,8-9,14-16H,6-7,10-11H2/t15-,16-/m1/s1. The minimum absolute atomic E-state index is 0.0281. The summed E-state index contributed by atoms with van der Waals surface area (Å²) in [5.41, 5.74) is 0.857. The largest absolute Gasteiger partial charge is 0.469 e. The van der Waals surface area contributed by atoms with E-state index in [4.69, 9.17) is 4.42 Å². The number of halogens is 1. The number of carbonyl (C=O) groups is 1. The number of benzene rings is 1. The van der Waals surface area contributed by atoms with Crippen LogP contribution in [0, 0.1) is 11.7 Å². The maximum absolute atomic E-state index is 13.3. The minimum Gasteiger partial charge on any atom is -0.469 e. The van der Waals surface area contributed by atoms with Gasteiger partial charge in [-0.15, -0.1) is 0 Å². The highest BCUT2D eigenvalue weighted by molar-refractivity contribution is 5.83. The van der Waals surface area contributed by atoms with Crippen molar-refractivity contribution < 1.29 is 13.6 Å². The van der Waals surface area contributed by atoms with Gasteiger partial charge in [0.05, 0.1) is 6.26 Å². The maximum Gasteiger partial charge on any atom is 0.226 e. The molecule has 1 amide bonds. The number of hydrogen-bond donors (Lipinski definition) is 0. The Morgan fingerprint density at radius 2 is 2.14 bits per heavy atom. The van der Waals surface area contributed by atoms with E-state index in [2.05, 4.69) is 0 Å². The molecule has 0 saturated heterocycles. The van der Waals surface area contributed by atoms with Gasteiger partial charge < -0.3 is 9.32 Å². The van der Waals surface area contributed by atoms with Gasteiger partial charge in [-0.2, -0.15) is 0 Å². The molecule has 4 heteroatoms. The van der Waals surface area contributed by atoms with Crippen LogP contribution in [0.3, 0.4) is 0 Å². The predicted molar refractivity (Wildman–Crippen MR) is 79.5 cm³/mol. The lowest BCUT2D eigenvalue weighted by molar-refractivity contribution is -0.134. The van der Waals surface area contributed by atoms with E-state index < -0.39 is 0 Å². The first kappa shape index (κ1) is 13.6. The van der Waals surface area contributed by atoms with Crippen LogP contribution in [0.1, 0.15) is 36.5 Å². The molecule has 2 aromatic rings. The first-order valence-electron chi connectivity index (χ1n) is 7.80. The molecule has 0 N–H and O–H groups in total. The highest BCUT2D eigenvalue weighted by atomic mass is 19.1. The molecule has 114 valence electrons. The molecular formula is C18H18FNO2. The molecule has 1 heterocycles. The van der Waals surface area contributed by atoms with Crippen LogP contribution >= 0.6 is 0 Å². The van der Waals surface area contributed by atoms with Gasteiger partial charge in [0.1, 0.15) is 11.6 Å². The number of carbonyl (C=O) groups excluding carboxylic acids is 1. The summed E-state index contributed by atoms with van der Waals surface area (Å²) in [4.78, 5) is 14.7. The summed E-state index contributed by atoms with van der Waals surface area (Å²) >= 11 is 0. The Balaban J connectivity index is 1.47. The lowest BCUT2D eigenvalue weighted by Gasteiger charge is -2.23. The summed E-state index contributed by atoms with van der Waals surface area (Å²) in [7, 11) is 0. The molecule has 22 heavy (non-hydrogen) atoms. The van der Waals surface area contributed by atoms with Crippen molar-refractivity contribution in [3.05, 3.63) is 59.8 Å². The van der Waals surface area contributed by atoms with Gasteiger partial charge in [0, 0.05) is 24.4 Å². The highest BCUT2D eigenvalue weighted by Gasteiger charge is 2.49. The fourth-order valence-corrected chi connectivity index (χ4v) is 3.10. The van der Waals surface area contributed by atoms with Crippen LogP contribution in [0.5, 0.6) is 0 Å². The van der Waals surface area contributed by atoms with E-state index in [9.17, 15) is 9.18 Å². The molecule has 2 saturated carbocycles. The topological polar surface area (TPSA) is 33.5 Å². The molecule has 0 bridgehead atoms. The molecule has 4 rings (SSSR count). The second kappa shape index (κ2) is 5.27. The second-order valence-electron chi connectivity index (χ2n) is 6.29. The summed E-state index contributed by atoms with van der Waals surface area (Å²) in [5.74, 6) is 1.09. The molecule has 0 aliphatic heterocycles. The van der Waals surface area contributed by atoms with Gasteiger partial charge in [-0.1, -0.05) is 12.1 Å². The van der Waals surface area contributed by atoms with E-state index in [0.717, 1.165) is 30.6 Å². The number of rotatable bonds is 5. The Hall–Kier alpha value is -2.10. The Kier molecular flexibility index (Phi) is 3.25. The first-order chi connectivity index (χ1) is 10.7. The van der Waals surface area contributed by atoms with Crippen molar-refractivity contribution >= 4 is 5.91 Å². The van der Waals surface area contributed by atoms with Gasteiger partial charge in [-0.25, -0.2) is 4.39 Å². The zero-order chi connectivity index (χ0) is 15.1. The molecule has 0 radical (unpaired) electrons. The Morgan fingerprint density at radius 3 is 2.82 bits per heavy atom. The SMILES string of the molecule is O=C([C@@H]1C[C@H]1c1ccco1)N(Cc1cccc(F)c1)C1CC1. The van der Waals surface area contributed by atoms with Crippen molar-refractivity contribution in [3.8, 4) is 0 Å². The van der Waals surface area contributed by atoms with Gasteiger partial charge in [0.2, 0.25) is 5.91 Å². The average Bonchev–Trinajstić information content (AvgIpc) is 3.44. The van der Waals surface area contributed by atoms with E-state index in [-0.39, 0.29) is 23.6 Å². The van der Waals surface area contributed by atoms with Gasteiger partial charge in [0.15, 0.2) is 0 Å². The molecule has 1 aromatic heterocycles. The second-order valence-corrected chi connectivity index (χ2v) is 6.29. The Bertz CT molecular complexity index is 678. The lowest BCUT2D eigenvalue weighted by Crippen LogP contribution is -2.34. The summed E-state index contributed by atoms with van der Waals surface area (Å²) in [6.07, 6.45) is 4.62. The molecule has 0 unspecified atom stereocenters. The molecular weight excluding hydrogens is 281 g/mol. The number of hydrogen-bond acceptors (Lipinski definition) is 2. The van der Waals surface area contributed by atoms with Gasteiger partial charge in [-0.3, -0.25) is 4.79 Å². The highest BCUT2D eigenvalue weighted by Crippen LogP contribution is 2.49. The van der Waals surface area contributed by atoms with Crippen molar-refractivity contribution in [3.63, 3.8) is 0 Å². The third kappa shape index (κ3) is 2.65. The third-order valence-corrected chi connectivity index (χ3v) is 4.53. The molecule has 3 nitrogen and oxygen atoms in total. The van der Waals surface area contributed by atoms with Crippen LogP contribution in [0.25, 0.3) is 0 Å². The molecule has 2 fully saturated rings. The van der Waals surface area contributed by atoms with E-state index in [1.54, 1.807) is 12.3 Å². The zero-order valence-corrected chi connectivity index (χ0v) is 12.2. The van der Waals surface area contributed by atoms with Gasteiger partial charge in [0.25, 0.3) is 0 Å². The molecule has 2 aliphatic carbocycles. The Labute approximate surface area is 128 Å². The van der Waals surface area contributed by atoms with E-state index in [1.807, 2.05) is 23.1 Å². The molecule has 2 aliphatic rings. The van der Waals surface area contributed by atoms with E-state index in [1.165, 1.54) is 12.1 Å². The first-order valence-corrected chi connectivity index (χ1v) is 7.80. The fraction of sp³-hybridized carbons (Fsp3) is 0.389. The van der Waals surface area contributed by atoms with E-state index >= 15 is 0 Å². The monoisotopic (exact) mass is 299 g/mol. The smallest absolute Gasteiger partial charge is 0.226 e. The van der Waals surface area contributed by atoms with Crippen LogP contribution in [0.2, 0.25) is 0 Å². The number of amides is 1. The minimum atomic E-state index is -0.249. The van der Waals surface area contributed by atoms with Crippen molar-refractivity contribution in [2.24, 2.45) is 5.92 Å². The van der Waals surface area contributed by atoms with Gasteiger partial charge in [-0.05, 0) is 49.1 Å². The Morgan fingerprint density at radius 1 is 1.27 bits per heavy atom. The van der Waals surface area contributed by atoms with Crippen molar-refractivity contribution in [1.29, 1.82) is 0 Å². The predicted octanol–water partition coefficient (Wildman–Crippen LogP) is 3.71. The summed E-state index contributed by atoms with van der Waals surface area (Å²) in [6.45, 7) is 0.503. The molecule has 0 spiro atoms. The zero-order valence-electron chi connectivity index (χ0n) is 12.2. The summed E-state index contributed by atoms with van der Waals surface area (Å²) < 4.78 is 18.7. The van der Waals surface area contributed by atoms with Crippen LogP contribution in [-0.2, 0) is 11.3 Å². The van der Waals surface area contributed by atoms with Gasteiger partial charge >= 0.3 is 0 Å². The summed E-state index contributed by atoms with van der Waals surface area (Å²) in [6, 6.07) is 10.6. The van der Waals surface area contributed by atoms with Crippen molar-refractivity contribution in [1.82, 2.24) is 4.90 Å². The van der Waals surface area contributed by atoms with Crippen molar-refractivity contribution in [2.45, 2.75) is 37.8 Å². The van der Waals surface area contributed by atoms with Crippen LogP contribution in [-0.4, -0.2) is 16.8 Å². The van der Waals surface area contributed by atoms with Crippen molar-refractivity contribution in [2.75, 3.05) is 0 Å². The van der Waals surface area contributed by atoms with Crippen LogP contribution in [0.15, 0.2) is 47.1 Å². The number of furan rings is 1. The molecule has 2 atom stereocenters.